The Morgan fingerprint density at radius 2 is 1.90 bits per heavy atom. The summed E-state index contributed by atoms with van der Waals surface area (Å²) in [4.78, 5) is 16.3. The predicted octanol–water partition coefficient (Wildman–Crippen LogP) is 3.72. The minimum absolute atomic E-state index is 0.327. The zero-order valence-corrected chi connectivity index (χ0v) is 17.8. The van der Waals surface area contributed by atoms with Crippen molar-refractivity contribution in [3.05, 3.63) is 65.0 Å². The lowest BCUT2D eigenvalue weighted by Gasteiger charge is -2.17. The average molecular weight is 413 g/mol. The maximum absolute atomic E-state index is 12.0. The van der Waals surface area contributed by atoms with Crippen molar-refractivity contribution in [1.82, 2.24) is 4.98 Å². The van der Waals surface area contributed by atoms with Crippen molar-refractivity contribution in [2.45, 2.75) is 27.4 Å². The van der Waals surface area contributed by atoms with Crippen LogP contribution in [0.4, 0.5) is 5.69 Å². The second kappa shape index (κ2) is 8.21. The highest BCUT2D eigenvalue weighted by molar-refractivity contribution is 7.91. The number of nitrogens with one attached hydrogen (secondary N) is 1. The van der Waals surface area contributed by atoms with Gasteiger partial charge in [-0.25, -0.2) is 8.42 Å². The van der Waals surface area contributed by atoms with E-state index in [1.54, 1.807) is 6.07 Å². The number of aryl methyl sites for hydroxylation is 2. The number of amides is 1. The van der Waals surface area contributed by atoms with E-state index in [-0.39, 0.29) is 0 Å². The normalized spacial score (nSPS) is 11.4. The number of aromatic nitrogens is 1. The van der Waals surface area contributed by atoms with Crippen molar-refractivity contribution in [2.24, 2.45) is 0 Å². The predicted molar refractivity (Wildman–Crippen MR) is 115 cm³/mol. The lowest BCUT2D eigenvalue weighted by molar-refractivity contribution is -0.113. The molecule has 0 atom stereocenters. The van der Waals surface area contributed by atoms with E-state index >= 15 is 0 Å². The molecule has 1 aromatic heterocycles. The van der Waals surface area contributed by atoms with Gasteiger partial charge in [0.15, 0.2) is 9.84 Å². The van der Waals surface area contributed by atoms with Crippen LogP contribution in [0.3, 0.4) is 0 Å². The topological polar surface area (TPSA) is 85.4 Å². The molecule has 0 unspecified atom stereocenters. The maximum atomic E-state index is 12.0. The molecule has 1 amide bonds. The van der Waals surface area contributed by atoms with Gasteiger partial charge in [0.1, 0.15) is 18.1 Å². The monoisotopic (exact) mass is 412 g/mol. The van der Waals surface area contributed by atoms with Gasteiger partial charge in [0.05, 0.1) is 0 Å². The van der Waals surface area contributed by atoms with Crippen LogP contribution in [-0.4, -0.2) is 31.3 Å². The lowest BCUT2D eigenvalue weighted by Crippen LogP contribution is -2.22. The van der Waals surface area contributed by atoms with Crippen LogP contribution < -0.4 is 10.1 Å². The van der Waals surface area contributed by atoms with Crippen molar-refractivity contribution in [3.63, 3.8) is 0 Å². The average Bonchev–Trinajstić information content (AvgIpc) is 2.62. The third kappa shape index (κ3) is 5.12. The van der Waals surface area contributed by atoms with E-state index in [2.05, 4.69) is 10.3 Å². The second-order valence-electron chi connectivity index (χ2n) is 7.24. The van der Waals surface area contributed by atoms with Gasteiger partial charge in [-0.05, 0) is 55.7 Å². The van der Waals surface area contributed by atoms with Gasteiger partial charge in [0.2, 0.25) is 5.91 Å². The number of fused-ring (bicyclic) bond motifs is 1. The molecule has 3 aromatic rings. The Hall–Kier alpha value is -2.93. The fourth-order valence-corrected chi connectivity index (χ4v) is 3.74. The molecule has 7 heteroatoms. The second-order valence-corrected chi connectivity index (χ2v) is 9.38. The Morgan fingerprint density at radius 3 is 2.62 bits per heavy atom. The number of carbonyl (C=O) groups excluding carboxylic acids is 1. The molecule has 29 heavy (non-hydrogen) atoms. The number of nitrogens with zero attached hydrogens (tertiary/aromatic N) is 1. The Bertz CT molecular complexity index is 1190. The number of hydrogen-bond donors (Lipinski definition) is 1. The van der Waals surface area contributed by atoms with Crippen LogP contribution in [-0.2, 0) is 21.2 Å². The summed E-state index contributed by atoms with van der Waals surface area (Å²) in [7, 11) is -3.39. The van der Waals surface area contributed by atoms with Gasteiger partial charge in [0, 0.05) is 34.6 Å². The summed E-state index contributed by atoms with van der Waals surface area (Å²) in [5.74, 6) is -0.336. The van der Waals surface area contributed by atoms with Gasteiger partial charge in [-0.2, -0.15) is 0 Å². The van der Waals surface area contributed by atoms with Gasteiger partial charge < -0.3 is 10.1 Å². The van der Waals surface area contributed by atoms with Gasteiger partial charge in [-0.3, -0.25) is 9.78 Å². The van der Waals surface area contributed by atoms with E-state index in [0.29, 0.717) is 12.3 Å². The molecular weight excluding hydrogens is 388 g/mol. The summed E-state index contributed by atoms with van der Waals surface area (Å²) in [5.41, 5.74) is 4.33. The van der Waals surface area contributed by atoms with Crippen molar-refractivity contribution >= 4 is 32.2 Å². The summed E-state index contributed by atoms with van der Waals surface area (Å²) >= 11 is 0. The summed E-state index contributed by atoms with van der Waals surface area (Å²) < 4.78 is 28.8. The number of sulfone groups is 1. The Labute approximate surface area is 170 Å². The highest BCUT2D eigenvalue weighted by Crippen LogP contribution is 2.28. The number of rotatable bonds is 6. The fraction of sp³-hybridized carbons (Fsp3) is 0.273. The number of ether oxygens (including phenoxy) is 1. The Kier molecular flexibility index (Phi) is 5.88. The first-order valence-corrected chi connectivity index (χ1v) is 11.2. The molecule has 3 rings (SSSR count). The highest BCUT2D eigenvalue weighted by atomic mass is 32.2. The molecule has 0 aliphatic heterocycles. The summed E-state index contributed by atoms with van der Waals surface area (Å²) in [6, 6.07) is 11.5. The van der Waals surface area contributed by atoms with Gasteiger partial charge in [-0.15, -0.1) is 0 Å². The molecule has 0 radical (unpaired) electrons. The zero-order chi connectivity index (χ0) is 21.2. The third-order valence-electron chi connectivity index (χ3n) is 4.73. The molecule has 0 saturated heterocycles. The molecule has 0 fully saturated rings. The van der Waals surface area contributed by atoms with Crippen LogP contribution in [0.2, 0.25) is 0 Å². The quantitative estimate of drug-likeness (QED) is 0.667. The molecule has 0 aliphatic rings. The van der Waals surface area contributed by atoms with Crippen LogP contribution in [0.5, 0.6) is 5.75 Å². The smallest absolute Gasteiger partial charge is 0.239 e. The molecule has 0 bridgehead atoms. The van der Waals surface area contributed by atoms with E-state index in [1.807, 2.05) is 57.3 Å². The van der Waals surface area contributed by atoms with E-state index < -0.39 is 21.5 Å². The van der Waals surface area contributed by atoms with Crippen LogP contribution in [0.1, 0.15) is 22.4 Å². The molecule has 0 spiro atoms. The van der Waals surface area contributed by atoms with Gasteiger partial charge in [0.25, 0.3) is 0 Å². The van der Waals surface area contributed by atoms with Gasteiger partial charge in [-0.1, -0.05) is 18.2 Å². The van der Waals surface area contributed by atoms with Crippen molar-refractivity contribution in [1.29, 1.82) is 0 Å². The molecule has 0 saturated carbocycles. The summed E-state index contributed by atoms with van der Waals surface area (Å²) in [5, 5.41) is 4.68. The summed E-state index contributed by atoms with van der Waals surface area (Å²) in [6.45, 7) is 6.13. The van der Waals surface area contributed by atoms with Crippen molar-refractivity contribution in [3.8, 4) is 5.75 Å². The first-order valence-electron chi connectivity index (χ1n) is 9.19. The molecule has 152 valence electrons. The third-order valence-corrected chi connectivity index (χ3v) is 5.52. The SMILES string of the molecule is Cc1cc2c(OCc3c(C)ccc(NC(=O)CS(C)(=O)=O)c3C)cccc2cn1. The van der Waals surface area contributed by atoms with E-state index in [4.69, 9.17) is 4.74 Å². The molecule has 6 nitrogen and oxygen atoms in total. The number of pyridine rings is 1. The molecule has 1 heterocycles. The van der Waals surface area contributed by atoms with E-state index in [1.165, 1.54) is 0 Å². The van der Waals surface area contributed by atoms with Crippen molar-refractivity contribution < 1.29 is 17.9 Å². The highest BCUT2D eigenvalue weighted by Gasteiger charge is 2.15. The molecule has 2 aromatic carbocycles. The largest absolute Gasteiger partial charge is 0.488 e. The van der Waals surface area contributed by atoms with Crippen molar-refractivity contribution in [2.75, 3.05) is 17.3 Å². The molecular formula is C22H24N2O4S. The van der Waals surface area contributed by atoms with Gasteiger partial charge >= 0.3 is 0 Å². The van der Waals surface area contributed by atoms with Crippen LogP contribution >= 0.6 is 0 Å². The van der Waals surface area contributed by atoms with Crippen LogP contribution in [0, 0.1) is 20.8 Å². The van der Waals surface area contributed by atoms with E-state index in [0.717, 1.165) is 45.2 Å². The number of hydrogen-bond acceptors (Lipinski definition) is 5. The first-order chi connectivity index (χ1) is 13.6. The molecule has 1 N–H and O–H groups in total. The number of carbonyl (C=O) groups is 1. The lowest BCUT2D eigenvalue weighted by atomic mass is 10.0. The first kappa shape index (κ1) is 20.8. The summed E-state index contributed by atoms with van der Waals surface area (Å²) in [6.07, 6.45) is 2.86. The van der Waals surface area contributed by atoms with E-state index in [9.17, 15) is 13.2 Å². The van der Waals surface area contributed by atoms with Crippen LogP contribution in [0.25, 0.3) is 10.8 Å². The Morgan fingerprint density at radius 1 is 1.14 bits per heavy atom. The minimum atomic E-state index is -3.39. The number of anilines is 1. The molecule has 0 aliphatic carbocycles. The standard InChI is InChI=1S/C22H24N2O4S/c1-14-8-9-20(24-22(25)13-29(4,26)27)16(3)19(14)12-28-21-7-5-6-17-11-23-15(2)10-18(17)21/h5-11H,12-13H2,1-4H3,(H,24,25). The maximum Gasteiger partial charge on any atom is 0.239 e. The number of benzene rings is 2. The Balaban J connectivity index is 1.85. The fourth-order valence-electron chi connectivity index (χ4n) is 3.20. The minimum Gasteiger partial charge on any atom is -0.488 e. The van der Waals surface area contributed by atoms with Crippen LogP contribution in [0.15, 0.2) is 42.6 Å². The zero-order valence-electron chi connectivity index (χ0n) is 16.9.